The zero-order chi connectivity index (χ0) is 16.4. The predicted molar refractivity (Wildman–Crippen MR) is 73.8 cm³/mol. The summed E-state index contributed by atoms with van der Waals surface area (Å²) in [4.78, 5) is 1.67. The molecular weight excluding hydrogens is 313 g/mol. The van der Waals surface area contributed by atoms with E-state index in [0.29, 0.717) is 17.0 Å². The van der Waals surface area contributed by atoms with Gasteiger partial charge in [-0.3, -0.25) is 0 Å². The van der Waals surface area contributed by atoms with E-state index < -0.39 is 6.36 Å². The number of benzene rings is 1. The molecule has 23 heavy (non-hydrogen) atoms. The summed E-state index contributed by atoms with van der Waals surface area (Å²) < 4.78 is 42.6. The fourth-order valence-corrected chi connectivity index (χ4v) is 2.04. The van der Waals surface area contributed by atoms with E-state index in [1.165, 1.54) is 16.8 Å². The van der Waals surface area contributed by atoms with Crippen LogP contribution in [-0.4, -0.2) is 38.7 Å². The van der Waals surface area contributed by atoms with Crippen molar-refractivity contribution >= 4 is 11.5 Å². The van der Waals surface area contributed by atoms with Crippen LogP contribution in [0.15, 0.2) is 36.4 Å². The van der Waals surface area contributed by atoms with Crippen LogP contribution in [-0.2, 0) is 6.54 Å². The highest BCUT2D eigenvalue weighted by Gasteiger charge is 2.32. The van der Waals surface area contributed by atoms with Crippen molar-refractivity contribution in [3.63, 3.8) is 0 Å². The van der Waals surface area contributed by atoms with Crippen molar-refractivity contribution < 1.29 is 17.9 Å². The van der Waals surface area contributed by atoms with Crippen molar-refractivity contribution in [1.82, 2.24) is 25.3 Å². The lowest BCUT2D eigenvalue weighted by Crippen LogP contribution is -2.22. The van der Waals surface area contributed by atoms with Gasteiger partial charge in [0.15, 0.2) is 11.5 Å². The normalized spacial score (nSPS) is 11.7. The maximum atomic E-state index is 12.4. The first-order chi connectivity index (χ1) is 10.9. The fourth-order valence-electron chi connectivity index (χ4n) is 2.04. The lowest BCUT2D eigenvalue weighted by atomic mass is 10.2. The van der Waals surface area contributed by atoms with E-state index in [-0.39, 0.29) is 12.3 Å². The molecule has 0 amide bonds. The lowest BCUT2D eigenvalue weighted by Gasteiger charge is -2.20. The topological polar surface area (TPSA) is 68.4 Å². The predicted octanol–water partition coefficient (Wildman–Crippen LogP) is 2.05. The van der Waals surface area contributed by atoms with E-state index in [2.05, 4.69) is 25.4 Å². The Morgan fingerprint density at radius 1 is 1.17 bits per heavy atom. The van der Waals surface area contributed by atoms with Gasteiger partial charge >= 0.3 is 6.36 Å². The van der Waals surface area contributed by atoms with Gasteiger partial charge < -0.3 is 9.64 Å². The standard InChI is InChI=1S/C13H11F3N6O/c1-21(12-7-6-11-17-19-20-22(11)18-12)8-9-4-2-3-5-10(9)23-13(14,15)16/h2-7H,8H2,1H3. The minimum absolute atomic E-state index is 0.173. The van der Waals surface area contributed by atoms with Gasteiger partial charge in [-0.15, -0.1) is 28.0 Å². The Morgan fingerprint density at radius 2 is 1.96 bits per heavy atom. The van der Waals surface area contributed by atoms with Gasteiger partial charge in [0.2, 0.25) is 0 Å². The number of nitrogens with zero attached hydrogens (tertiary/aromatic N) is 6. The molecule has 7 nitrogen and oxygen atoms in total. The number of fused-ring (bicyclic) bond motifs is 1. The first-order valence-corrected chi connectivity index (χ1v) is 6.52. The summed E-state index contributed by atoms with van der Waals surface area (Å²) in [5, 5.41) is 15.1. The fraction of sp³-hybridized carbons (Fsp3) is 0.231. The second-order valence-electron chi connectivity index (χ2n) is 4.73. The van der Waals surface area contributed by atoms with Crippen molar-refractivity contribution in [1.29, 1.82) is 0 Å². The first kappa shape index (κ1) is 15.0. The van der Waals surface area contributed by atoms with Crippen molar-refractivity contribution in [3.05, 3.63) is 42.0 Å². The molecule has 0 unspecified atom stereocenters. The smallest absolute Gasteiger partial charge is 0.405 e. The van der Waals surface area contributed by atoms with Crippen LogP contribution >= 0.6 is 0 Å². The van der Waals surface area contributed by atoms with E-state index in [0.717, 1.165) is 0 Å². The third-order valence-electron chi connectivity index (χ3n) is 3.05. The number of alkyl halides is 3. The van der Waals surface area contributed by atoms with Gasteiger partial charge in [-0.2, -0.15) is 0 Å². The number of aromatic nitrogens is 5. The van der Waals surface area contributed by atoms with Crippen LogP contribution < -0.4 is 9.64 Å². The molecule has 1 aromatic carbocycles. The van der Waals surface area contributed by atoms with Crippen molar-refractivity contribution in [2.24, 2.45) is 0 Å². The molecule has 0 N–H and O–H groups in total. The SMILES string of the molecule is CN(Cc1ccccc1OC(F)(F)F)c1ccc2nnnn2n1. The van der Waals surface area contributed by atoms with Gasteiger partial charge in [-0.25, -0.2) is 0 Å². The molecule has 0 atom stereocenters. The van der Waals surface area contributed by atoms with Gasteiger partial charge in [0, 0.05) is 19.2 Å². The molecule has 0 fully saturated rings. The van der Waals surface area contributed by atoms with E-state index in [9.17, 15) is 13.2 Å². The molecule has 0 aliphatic carbocycles. The molecule has 0 aliphatic heterocycles. The third kappa shape index (κ3) is 3.47. The number of hydrogen-bond donors (Lipinski definition) is 0. The van der Waals surface area contributed by atoms with Crippen LogP contribution in [0, 0.1) is 0 Å². The minimum atomic E-state index is -4.74. The minimum Gasteiger partial charge on any atom is -0.405 e. The first-order valence-electron chi connectivity index (χ1n) is 6.52. The number of hydrogen-bond acceptors (Lipinski definition) is 6. The Morgan fingerprint density at radius 3 is 2.74 bits per heavy atom. The summed E-state index contributed by atoms with van der Waals surface area (Å²) in [6.07, 6.45) is -4.74. The Hall–Kier alpha value is -2.91. The molecule has 0 saturated heterocycles. The second-order valence-corrected chi connectivity index (χ2v) is 4.73. The molecule has 3 aromatic rings. The highest BCUT2D eigenvalue weighted by Crippen LogP contribution is 2.27. The summed E-state index contributed by atoms with van der Waals surface area (Å²) in [5.41, 5.74) is 0.855. The summed E-state index contributed by atoms with van der Waals surface area (Å²) in [7, 11) is 1.70. The Balaban J connectivity index is 1.83. The Kier molecular flexibility index (Phi) is 3.72. The summed E-state index contributed by atoms with van der Waals surface area (Å²) >= 11 is 0. The van der Waals surface area contributed by atoms with Crippen molar-refractivity contribution in [3.8, 4) is 5.75 Å². The summed E-state index contributed by atoms with van der Waals surface area (Å²) in [6, 6.07) is 9.30. The van der Waals surface area contributed by atoms with Crippen LogP contribution in [0.5, 0.6) is 5.75 Å². The van der Waals surface area contributed by atoms with E-state index >= 15 is 0 Å². The van der Waals surface area contributed by atoms with Crippen LogP contribution in [0.4, 0.5) is 19.0 Å². The molecule has 2 heterocycles. The maximum Gasteiger partial charge on any atom is 0.573 e. The van der Waals surface area contributed by atoms with Crippen LogP contribution in [0.2, 0.25) is 0 Å². The molecule has 0 aliphatic rings. The zero-order valence-electron chi connectivity index (χ0n) is 11.9. The molecule has 2 aromatic heterocycles. The van der Waals surface area contributed by atoms with E-state index in [4.69, 9.17) is 0 Å². The molecular formula is C13H11F3N6O. The van der Waals surface area contributed by atoms with Crippen LogP contribution in [0.3, 0.4) is 0 Å². The van der Waals surface area contributed by atoms with E-state index in [1.54, 1.807) is 36.2 Å². The number of halogens is 3. The average Bonchev–Trinajstić information content (AvgIpc) is 2.95. The number of ether oxygens (including phenoxy) is 1. The number of anilines is 1. The number of para-hydroxylation sites is 1. The van der Waals surface area contributed by atoms with Gasteiger partial charge in [0.1, 0.15) is 5.75 Å². The molecule has 0 spiro atoms. The maximum absolute atomic E-state index is 12.4. The van der Waals surface area contributed by atoms with Crippen LogP contribution in [0.25, 0.3) is 5.65 Å². The Labute approximate surface area is 128 Å². The van der Waals surface area contributed by atoms with Crippen molar-refractivity contribution in [2.75, 3.05) is 11.9 Å². The third-order valence-corrected chi connectivity index (χ3v) is 3.05. The lowest BCUT2D eigenvalue weighted by molar-refractivity contribution is -0.274. The quantitative estimate of drug-likeness (QED) is 0.732. The number of rotatable bonds is 4. The van der Waals surface area contributed by atoms with Gasteiger partial charge in [-0.1, -0.05) is 18.2 Å². The Bertz CT molecular complexity index is 819. The van der Waals surface area contributed by atoms with Crippen molar-refractivity contribution in [2.45, 2.75) is 12.9 Å². The highest BCUT2D eigenvalue weighted by molar-refractivity contribution is 5.45. The zero-order valence-corrected chi connectivity index (χ0v) is 11.9. The summed E-state index contributed by atoms with van der Waals surface area (Å²) in [5.74, 6) is 0.266. The second kappa shape index (κ2) is 5.71. The van der Waals surface area contributed by atoms with Gasteiger partial charge in [0.05, 0.1) is 0 Å². The molecule has 0 bridgehead atoms. The molecule has 3 rings (SSSR count). The largest absolute Gasteiger partial charge is 0.573 e. The molecule has 10 heteroatoms. The molecule has 0 radical (unpaired) electrons. The van der Waals surface area contributed by atoms with Crippen LogP contribution in [0.1, 0.15) is 5.56 Å². The van der Waals surface area contributed by atoms with Gasteiger partial charge in [-0.05, 0) is 28.6 Å². The van der Waals surface area contributed by atoms with Gasteiger partial charge in [0.25, 0.3) is 0 Å². The number of tetrazole rings is 1. The average molecular weight is 324 g/mol. The monoisotopic (exact) mass is 324 g/mol. The molecule has 0 saturated carbocycles. The molecule has 120 valence electrons. The van der Waals surface area contributed by atoms with E-state index in [1.807, 2.05) is 0 Å². The highest BCUT2D eigenvalue weighted by atomic mass is 19.4. The summed E-state index contributed by atoms with van der Waals surface area (Å²) in [6.45, 7) is 0.173.